The highest BCUT2D eigenvalue weighted by molar-refractivity contribution is 6.02. The van der Waals surface area contributed by atoms with Crippen molar-refractivity contribution in [3.8, 4) is 5.75 Å². The first-order valence-electron chi connectivity index (χ1n) is 14.6. The SMILES string of the molecule is CCCCN(CCCN)C(=O)CN1C[C@H](c2ccc3c(c2)CCO3)CC12C=C2CN1C(=O)Cc2ccccc21. The minimum atomic E-state index is -0.238. The van der Waals surface area contributed by atoms with E-state index in [0.29, 0.717) is 38.5 Å². The molecule has 7 heteroatoms. The first kappa shape index (κ1) is 26.1. The molecule has 206 valence electrons. The Labute approximate surface area is 231 Å². The van der Waals surface area contributed by atoms with Crippen LogP contribution in [0.5, 0.6) is 5.75 Å². The number of ether oxygens (including phenoxy) is 1. The lowest BCUT2D eigenvalue weighted by Crippen LogP contribution is -2.46. The number of amides is 2. The van der Waals surface area contributed by atoms with Gasteiger partial charge in [0.2, 0.25) is 11.8 Å². The number of likely N-dealkylation sites (tertiary alicyclic amines) is 1. The molecule has 3 heterocycles. The normalized spacial score (nSPS) is 23.1. The van der Waals surface area contributed by atoms with Crippen LogP contribution in [0, 0.1) is 0 Å². The average Bonchev–Trinajstić information content (AvgIpc) is 3.22. The van der Waals surface area contributed by atoms with Crippen LogP contribution < -0.4 is 15.4 Å². The Morgan fingerprint density at radius 3 is 2.85 bits per heavy atom. The van der Waals surface area contributed by atoms with Crippen LogP contribution in [0.25, 0.3) is 0 Å². The molecule has 4 aliphatic rings. The van der Waals surface area contributed by atoms with Gasteiger partial charge in [-0.15, -0.1) is 0 Å². The third-order valence-corrected chi connectivity index (χ3v) is 8.98. The van der Waals surface area contributed by atoms with E-state index in [1.54, 1.807) is 0 Å². The second kappa shape index (κ2) is 10.8. The van der Waals surface area contributed by atoms with E-state index in [4.69, 9.17) is 10.5 Å². The van der Waals surface area contributed by atoms with Crippen LogP contribution in [0.4, 0.5) is 5.69 Å². The van der Waals surface area contributed by atoms with Gasteiger partial charge in [-0.05, 0) is 66.1 Å². The van der Waals surface area contributed by atoms with E-state index in [1.165, 1.54) is 16.7 Å². The molecule has 0 bridgehead atoms. The summed E-state index contributed by atoms with van der Waals surface area (Å²) in [5.41, 5.74) is 11.5. The standard InChI is InChI=1S/C32H40N4O3/c1-2-3-13-34(14-6-12-33)31(38)22-35-20-26(23-9-10-29-25(16-23)11-15-39-29)18-32(35)19-27(32)21-36-28-8-5-4-7-24(28)17-30(36)37/h4-5,7-10,16,19,26H,2-3,6,11-15,17-18,20-22,33H2,1H3/t26-,32?/m1/s1. The first-order chi connectivity index (χ1) is 19.0. The van der Waals surface area contributed by atoms with Gasteiger partial charge in [0.05, 0.1) is 25.1 Å². The quantitative estimate of drug-likeness (QED) is 0.451. The Bertz CT molecular complexity index is 1280. The summed E-state index contributed by atoms with van der Waals surface area (Å²) in [5, 5.41) is 0. The zero-order valence-electron chi connectivity index (χ0n) is 23.0. The van der Waals surface area contributed by atoms with Crippen molar-refractivity contribution in [1.29, 1.82) is 0 Å². The monoisotopic (exact) mass is 528 g/mol. The summed E-state index contributed by atoms with van der Waals surface area (Å²) >= 11 is 0. The Hall–Kier alpha value is -3.16. The summed E-state index contributed by atoms with van der Waals surface area (Å²) in [4.78, 5) is 32.9. The fourth-order valence-electron chi connectivity index (χ4n) is 6.72. The molecule has 2 aromatic rings. The maximum Gasteiger partial charge on any atom is 0.236 e. The van der Waals surface area contributed by atoms with Crippen LogP contribution in [0.2, 0.25) is 0 Å². The van der Waals surface area contributed by atoms with Gasteiger partial charge in [-0.2, -0.15) is 0 Å². The molecule has 0 radical (unpaired) electrons. The number of anilines is 1. The van der Waals surface area contributed by atoms with Crippen molar-refractivity contribution < 1.29 is 14.3 Å². The maximum atomic E-state index is 13.6. The number of carbonyl (C=O) groups excluding carboxylic acids is 2. The van der Waals surface area contributed by atoms with Gasteiger partial charge in [0.25, 0.3) is 0 Å². The molecule has 2 aromatic carbocycles. The van der Waals surface area contributed by atoms with E-state index in [-0.39, 0.29) is 17.4 Å². The highest BCUT2D eigenvalue weighted by Gasteiger charge is 2.56. The summed E-state index contributed by atoms with van der Waals surface area (Å²) in [6.07, 6.45) is 7.56. The van der Waals surface area contributed by atoms with Gasteiger partial charge in [0.1, 0.15) is 5.75 Å². The van der Waals surface area contributed by atoms with E-state index >= 15 is 0 Å². The molecule has 1 unspecified atom stereocenters. The fraction of sp³-hybridized carbons (Fsp3) is 0.500. The molecule has 1 spiro atoms. The number of fused-ring (bicyclic) bond motifs is 2. The molecule has 1 saturated heterocycles. The van der Waals surface area contributed by atoms with Crippen molar-refractivity contribution in [1.82, 2.24) is 9.80 Å². The lowest BCUT2D eigenvalue weighted by Gasteiger charge is -2.30. The van der Waals surface area contributed by atoms with E-state index in [2.05, 4.69) is 36.1 Å². The summed E-state index contributed by atoms with van der Waals surface area (Å²) in [6, 6.07) is 14.7. The van der Waals surface area contributed by atoms with Crippen LogP contribution in [-0.4, -0.2) is 73.0 Å². The highest BCUT2D eigenvalue weighted by Crippen LogP contribution is 2.53. The predicted molar refractivity (Wildman–Crippen MR) is 153 cm³/mol. The largest absolute Gasteiger partial charge is 0.493 e. The molecule has 2 amide bonds. The third-order valence-electron chi connectivity index (χ3n) is 8.98. The van der Waals surface area contributed by atoms with Gasteiger partial charge in [-0.25, -0.2) is 0 Å². The summed E-state index contributed by atoms with van der Waals surface area (Å²) in [6.45, 7) is 6.81. The number of hydrogen-bond donors (Lipinski definition) is 1. The van der Waals surface area contributed by atoms with Crippen LogP contribution in [0.15, 0.2) is 54.1 Å². The van der Waals surface area contributed by atoms with Gasteiger partial charge in [-0.1, -0.05) is 49.8 Å². The van der Waals surface area contributed by atoms with E-state index < -0.39 is 0 Å². The lowest BCUT2D eigenvalue weighted by molar-refractivity contribution is -0.133. The predicted octanol–water partition coefficient (Wildman–Crippen LogP) is 3.66. The molecule has 2 atom stereocenters. The Kier molecular flexibility index (Phi) is 7.21. The van der Waals surface area contributed by atoms with Gasteiger partial charge >= 0.3 is 0 Å². The molecule has 2 N–H and O–H groups in total. The van der Waals surface area contributed by atoms with Crippen molar-refractivity contribution in [3.63, 3.8) is 0 Å². The first-order valence-corrected chi connectivity index (χ1v) is 14.6. The maximum absolute atomic E-state index is 13.6. The molecule has 39 heavy (non-hydrogen) atoms. The van der Waals surface area contributed by atoms with Crippen molar-refractivity contribution >= 4 is 17.5 Å². The zero-order chi connectivity index (χ0) is 27.0. The molecule has 0 aromatic heterocycles. The number of carbonyl (C=O) groups is 2. The smallest absolute Gasteiger partial charge is 0.236 e. The van der Waals surface area contributed by atoms with Crippen molar-refractivity contribution in [2.75, 3.05) is 50.8 Å². The second-order valence-corrected chi connectivity index (χ2v) is 11.5. The number of rotatable bonds is 11. The number of hydrogen-bond acceptors (Lipinski definition) is 5. The number of nitrogens with two attached hydrogens (primary N) is 1. The van der Waals surface area contributed by atoms with Crippen molar-refractivity contribution in [2.45, 2.75) is 56.9 Å². The topological polar surface area (TPSA) is 79.1 Å². The zero-order valence-corrected chi connectivity index (χ0v) is 23.0. The van der Waals surface area contributed by atoms with Crippen LogP contribution in [0.3, 0.4) is 0 Å². The molecule has 0 saturated carbocycles. The molecule has 6 rings (SSSR count). The number of nitrogens with zero attached hydrogens (tertiary/aromatic N) is 3. The Balaban J connectivity index is 1.22. The Morgan fingerprint density at radius 2 is 2.00 bits per heavy atom. The molecule has 1 fully saturated rings. The van der Waals surface area contributed by atoms with E-state index in [9.17, 15) is 9.59 Å². The highest BCUT2D eigenvalue weighted by atomic mass is 16.5. The number of para-hydroxylation sites is 1. The molecule has 7 nitrogen and oxygen atoms in total. The molecule has 1 aliphatic carbocycles. The van der Waals surface area contributed by atoms with Gasteiger partial charge < -0.3 is 20.3 Å². The molecular weight excluding hydrogens is 488 g/mol. The van der Waals surface area contributed by atoms with Crippen LogP contribution in [0.1, 0.15) is 55.2 Å². The number of unbranched alkanes of at least 4 members (excludes halogenated alkanes) is 1. The summed E-state index contributed by atoms with van der Waals surface area (Å²) in [7, 11) is 0. The van der Waals surface area contributed by atoms with Crippen LogP contribution >= 0.6 is 0 Å². The number of benzene rings is 2. The lowest BCUT2D eigenvalue weighted by atomic mass is 9.92. The van der Waals surface area contributed by atoms with Crippen LogP contribution in [-0.2, 0) is 22.4 Å². The van der Waals surface area contributed by atoms with Crippen molar-refractivity contribution in [3.05, 3.63) is 70.8 Å². The van der Waals surface area contributed by atoms with Gasteiger partial charge in [0.15, 0.2) is 0 Å². The summed E-state index contributed by atoms with van der Waals surface area (Å²) in [5.74, 6) is 1.66. The van der Waals surface area contributed by atoms with Gasteiger partial charge in [-0.3, -0.25) is 14.5 Å². The second-order valence-electron chi connectivity index (χ2n) is 11.5. The minimum Gasteiger partial charge on any atom is -0.493 e. The van der Waals surface area contributed by atoms with E-state index in [1.807, 2.05) is 34.1 Å². The molecule has 3 aliphatic heterocycles. The average molecular weight is 529 g/mol. The van der Waals surface area contributed by atoms with E-state index in [0.717, 1.165) is 68.8 Å². The third kappa shape index (κ3) is 4.98. The summed E-state index contributed by atoms with van der Waals surface area (Å²) < 4.78 is 5.75. The van der Waals surface area contributed by atoms with Crippen molar-refractivity contribution in [2.24, 2.45) is 5.73 Å². The molecular formula is C32H40N4O3. The minimum absolute atomic E-state index is 0.155. The Morgan fingerprint density at radius 1 is 1.15 bits per heavy atom. The van der Waals surface area contributed by atoms with Gasteiger partial charge in [0, 0.05) is 38.3 Å². The fourth-order valence-corrected chi connectivity index (χ4v) is 6.72.